The lowest BCUT2D eigenvalue weighted by Crippen LogP contribution is -2.35. The molecule has 1 aliphatic heterocycles. The topological polar surface area (TPSA) is 41.9 Å². The molecule has 0 atom stereocenters. The van der Waals surface area contributed by atoms with Gasteiger partial charge in [-0.1, -0.05) is 6.07 Å². The Morgan fingerprint density at radius 2 is 1.89 bits per heavy atom. The average Bonchev–Trinajstić information content (AvgIpc) is 2.26. The summed E-state index contributed by atoms with van der Waals surface area (Å²) < 4.78 is 11.0. The van der Waals surface area contributed by atoms with Gasteiger partial charge in [-0.2, -0.15) is 0 Å². The summed E-state index contributed by atoms with van der Waals surface area (Å²) in [6, 6.07) is 5.99. The third-order valence-electron chi connectivity index (χ3n) is 2.72. The summed E-state index contributed by atoms with van der Waals surface area (Å²) in [5.74, 6) is 1.63. The molecule has 0 bridgehead atoms. The van der Waals surface area contributed by atoms with E-state index in [4.69, 9.17) is 9.47 Å². The zero-order valence-electron chi connectivity index (χ0n) is 11.3. The van der Waals surface area contributed by atoms with E-state index in [1.807, 2.05) is 39.1 Å². The van der Waals surface area contributed by atoms with Crippen LogP contribution in [0.4, 0.5) is 0 Å². The Hall–Kier alpha value is -1.26. The molecule has 0 spiro atoms. The van der Waals surface area contributed by atoms with Crippen molar-refractivity contribution in [3.63, 3.8) is 0 Å². The van der Waals surface area contributed by atoms with Crippen molar-refractivity contribution in [3.05, 3.63) is 23.8 Å². The number of fused-ring (bicyclic) bond motifs is 1. The van der Waals surface area contributed by atoms with Crippen LogP contribution in [-0.4, -0.2) is 42.4 Å². The van der Waals surface area contributed by atoms with Crippen LogP contribution in [0.25, 0.3) is 0 Å². The fourth-order valence-electron chi connectivity index (χ4n) is 2.21. The second kappa shape index (κ2) is 5.16. The first kappa shape index (κ1) is 13.2. The molecule has 0 saturated carbocycles. The molecule has 0 radical (unpaired) electrons. The summed E-state index contributed by atoms with van der Waals surface area (Å²) in [5.41, 5.74) is 0.480. The molecule has 0 aromatic heterocycles. The standard InChI is InChI=1S/C14H21NO3/c1-14(2,16)10-15(3)9-11-4-5-12-13(8-11)18-7-6-17-12/h4-5,8,16H,6-7,9-10H2,1-3H3. The fourth-order valence-corrected chi connectivity index (χ4v) is 2.21. The van der Waals surface area contributed by atoms with E-state index in [0.29, 0.717) is 19.8 Å². The molecular formula is C14H21NO3. The average molecular weight is 251 g/mol. The van der Waals surface area contributed by atoms with Gasteiger partial charge < -0.3 is 14.6 Å². The molecule has 1 heterocycles. The van der Waals surface area contributed by atoms with Crippen LogP contribution in [0.1, 0.15) is 19.4 Å². The molecule has 1 aliphatic rings. The van der Waals surface area contributed by atoms with Crippen molar-refractivity contribution in [3.8, 4) is 11.5 Å². The number of aliphatic hydroxyl groups is 1. The van der Waals surface area contributed by atoms with Gasteiger partial charge in [0.1, 0.15) is 13.2 Å². The summed E-state index contributed by atoms with van der Waals surface area (Å²) in [5, 5.41) is 9.77. The Labute approximate surface area is 108 Å². The van der Waals surface area contributed by atoms with E-state index in [1.54, 1.807) is 0 Å². The maximum Gasteiger partial charge on any atom is 0.161 e. The van der Waals surface area contributed by atoms with Gasteiger partial charge in [0.25, 0.3) is 0 Å². The lowest BCUT2D eigenvalue weighted by atomic mass is 10.1. The summed E-state index contributed by atoms with van der Waals surface area (Å²) in [7, 11) is 1.99. The number of hydrogen-bond acceptors (Lipinski definition) is 4. The number of nitrogens with zero attached hydrogens (tertiary/aromatic N) is 1. The van der Waals surface area contributed by atoms with Crippen molar-refractivity contribution in [1.82, 2.24) is 4.90 Å². The molecule has 1 N–H and O–H groups in total. The van der Waals surface area contributed by atoms with Crippen LogP contribution < -0.4 is 9.47 Å². The van der Waals surface area contributed by atoms with Crippen molar-refractivity contribution < 1.29 is 14.6 Å². The van der Waals surface area contributed by atoms with Crippen molar-refractivity contribution >= 4 is 0 Å². The molecule has 4 heteroatoms. The zero-order valence-corrected chi connectivity index (χ0v) is 11.3. The van der Waals surface area contributed by atoms with Crippen molar-refractivity contribution in [1.29, 1.82) is 0 Å². The largest absolute Gasteiger partial charge is 0.486 e. The summed E-state index contributed by atoms with van der Waals surface area (Å²) in [6.07, 6.45) is 0. The fraction of sp³-hybridized carbons (Fsp3) is 0.571. The SMILES string of the molecule is CN(Cc1ccc2c(c1)OCCO2)CC(C)(C)O. The minimum absolute atomic E-state index is 0.607. The highest BCUT2D eigenvalue weighted by molar-refractivity contribution is 5.43. The van der Waals surface area contributed by atoms with Gasteiger partial charge in [0, 0.05) is 13.1 Å². The van der Waals surface area contributed by atoms with E-state index < -0.39 is 5.60 Å². The minimum Gasteiger partial charge on any atom is -0.486 e. The van der Waals surface area contributed by atoms with E-state index >= 15 is 0 Å². The molecule has 4 nitrogen and oxygen atoms in total. The molecule has 0 aliphatic carbocycles. The van der Waals surface area contributed by atoms with Gasteiger partial charge in [-0.05, 0) is 38.6 Å². The first-order valence-electron chi connectivity index (χ1n) is 6.23. The van der Waals surface area contributed by atoms with Crippen molar-refractivity contribution in [2.24, 2.45) is 0 Å². The Bertz CT molecular complexity index is 412. The monoisotopic (exact) mass is 251 g/mol. The van der Waals surface area contributed by atoms with Crippen LogP contribution in [0, 0.1) is 0 Å². The van der Waals surface area contributed by atoms with Gasteiger partial charge >= 0.3 is 0 Å². The Balaban J connectivity index is 2.01. The van der Waals surface area contributed by atoms with Crippen LogP contribution in [0.3, 0.4) is 0 Å². The number of ether oxygens (including phenoxy) is 2. The van der Waals surface area contributed by atoms with Gasteiger partial charge in [0.15, 0.2) is 11.5 Å². The van der Waals surface area contributed by atoms with Crippen LogP contribution >= 0.6 is 0 Å². The molecule has 100 valence electrons. The predicted molar refractivity (Wildman–Crippen MR) is 70.1 cm³/mol. The molecule has 1 aromatic carbocycles. The van der Waals surface area contributed by atoms with Gasteiger partial charge in [-0.15, -0.1) is 0 Å². The maximum absolute atomic E-state index is 9.77. The molecule has 1 aromatic rings. The lowest BCUT2D eigenvalue weighted by Gasteiger charge is -2.26. The van der Waals surface area contributed by atoms with E-state index in [9.17, 15) is 5.11 Å². The third kappa shape index (κ3) is 3.62. The van der Waals surface area contributed by atoms with Gasteiger partial charge in [-0.25, -0.2) is 0 Å². The lowest BCUT2D eigenvalue weighted by molar-refractivity contribution is 0.0424. The van der Waals surface area contributed by atoms with Crippen LogP contribution in [0.5, 0.6) is 11.5 Å². The smallest absolute Gasteiger partial charge is 0.161 e. The maximum atomic E-state index is 9.77. The van der Waals surface area contributed by atoms with Gasteiger partial charge in [-0.3, -0.25) is 4.90 Å². The molecule has 2 rings (SSSR count). The van der Waals surface area contributed by atoms with E-state index in [1.165, 1.54) is 0 Å². The second-order valence-corrected chi connectivity index (χ2v) is 5.46. The van der Waals surface area contributed by atoms with E-state index in [0.717, 1.165) is 23.6 Å². The number of likely N-dealkylation sites (N-methyl/N-ethyl adjacent to an activating group) is 1. The highest BCUT2D eigenvalue weighted by atomic mass is 16.6. The predicted octanol–water partition coefficient (Wildman–Crippen LogP) is 1.66. The van der Waals surface area contributed by atoms with Gasteiger partial charge in [0.2, 0.25) is 0 Å². The normalized spacial score (nSPS) is 14.9. The minimum atomic E-state index is -0.678. The van der Waals surface area contributed by atoms with E-state index in [-0.39, 0.29) is 0 Å². The first-order chi connectivity index (χ1) is 8.44. The Kier molecular flexibility index (Phi) is 3.78. The van der Waals surface area contributed by atoms with Crippen molar-refractivity contribution in [2.45, 2.75) is 26.0 Å². The summed E-state index contributed by atoms with van der Waals surface area (Å²) in [6.45, 7) is 6.25. The molecule has 0 unspecified atom stereocenters. The number of benzene rings is 1. The number of hydrogen-bond donors (Lipinski definition) is 1. The number of rotatable bonds is 4. The second-order valence-electron chi connectivity index (χ2n) is 5.46. The third-order valence-corrected chi connectivity index (χ3v) is 2.72. The van der Waals surface area contributed by atoms with Gasteiger partial charge in [0.05, 0.1) is 5.60 Å². The highest BCUT2D eigenvalue weighted by Gasteiger charge is 2.17. The molecule has 0 saturated heterocycles. The quantitative estimate of drug-likeness (QED) is 0.883. The Morgan fingerprint density at radius 1 is 1.22 bits per heavy atom. The molecular weight excluding hydrogens is 230 g/mol. The highest BCUT2D eigenvalue weighted by Crippen LogP contribution is 2.31. The Morgan fingerprint density at radius 3 is 2.56 bits per heavy atom. The summed E-state index contributed by atoms with van der Waals surface area (Å²) >= 11 is 0. The molecule has 0 amide bonds. The van der Waals surface area contributed by atoms with E-state index in [2.05, 4.69) is 4.90 Å². The summed E-state index contributed by atoms with van der Waals surface area (Å²) in [4.78, 5) is 2.09. The molecule has 0 fully saturated rings. The first-order valence-corrected chi connectivity index (χ1v) is 6.23. The van der Waals surface area contributed by atoms with Crippen LogP contribution in [-0.2, 0) is 6.54 Å². The van der Waals surface area contributed by atoms with Crippen molar-refractivity contribution in [2.75, 3.05) is 26.8 Å². The van der Waals surface area contributed by atoms with Crippen LogP contribution in [0.2, 0.25) is 0 Å². The molecule has 18 heavy (non-hydrogen) atoms. The zero-order chi connectivity index (χ0) is 13.2. The van der Waals surface area contributed by atoms with Crippen LogP contribution in [0.15, 0.2) is 18.2 Å².